The fourth-order valence-corrected chi connectivity index (χ4v) is 3.99. The van der Waals surface area contributed by atoms with Crippen molar-refractivity contribution in [3.05, 3.63) is 106 Å². The number of methoxy groups -OCH3 is 1. The third-order valence-electron chi connectivity index (χ3n) is 5.92. The number of nitrogens with one attached hydrogen (secondary N) is 2. The van der Waals surface area contributed by atoms with E-state index in [1.165, 1.54) is 25.4 Å². The largest absolute Gasteiger partial charge is 0.480 e. The van der Waals surface area contributed by atoms with Crippen molar-refractivity contribution in [3.8, 4) is 5.88 Å². The van der Waals surface area contributed by atoms with Crippen molar-refractivity contribution in [2.75, 3.05) is 24.8 Å². The highest BCUT2D eigenvalue weighted by molar-refractivity contribution is 6.30. The molecule has 0 radical (unpaired) electrons. The number of anilines is 3. The lowest BCUT2D eigenvalue weighted by molar-refractivity contribution is -0.0987. The molecule has 4 rings (SSSR count). The van der Waals surface area contributed by atoms with E-state index in [2.05, 4.69) is 27.2 Å². The van der Waals surface area contributed by atoms with Crippen molar-refractivity contribution in [3.63, 3.8) is 0 Å². The summed E-state index contributed by atoms with van der Waals surface area (Å²) in [6.45, 7) is 12.1. The van der Waals surface area contributed by atoms with Crippen LogP contribution in [0.25, 0.3) is 5.70 Å². The van der Waals surface area contributed by atoms with Gasteiger partial charge < -0.3 is 29.9 Å². The second kappa shape index (κ2) is 15.1. The summed E-state index contributed by atoms with van der Waals surface area (Å²) < 4.78 is 35.6. The van der Waals surface area contributed by atoms with E-state index >= 15 is 4.39 Å². The number of benzene rings is 2. The molecule has 214 valence electrons. The molecule has 2 N–H and O–H groups in total. The van der Waals surface area contributed by atoms with Crippen molar-refractivity contribution in [2.24, 2.45) is 4.99 Å². The van der Waals surface area contributed by atoms with Gasteiger partial charge in [0.2, 0.25) is 5.88 Å². The average molecular weight is 582 g/mol. The third-order valence-corrected chi connectivity index (χ3v) is 6.12. The number of carbonyl (C=O) groups is 2. The van der Waals surface area contributed by atoms with Crippen LogP contribution in [-0.4, -0.2) is 43.8 Å². The second-order valence-corrected chi connectivity index (χ2v) is 8.87. The number of hydrogen-bond acceptors (Lipinski definition) is 8. The summed E-state index contributed by atoms with van der Waals surface area (Å²) in [7, 11) is 3.22. The molecule has 0 aliphatic carbocycles. The maximum absolute atomic E-state index is 15.6. The van der Waals surface area contributed by atoms with Crippen molar-refractivity contribution >= 4 is 54.2 Å². The van der Waals surface area contributed by atoms with Gasteiger partial charge in [-0.3, -0.25) is 4.99 Å². The van der Waals surface area contributed by atoms with Gasteiger partial charge in [-0.25, -0.2) is 13.8 Å². The van der Waals surface area contributed by atoms with E-state index in [1.807, 2.05) is 51.7 Å². The zero-order valence-electron chi connectivity index (χ0n) is 23.1. The minimum Gasteiger partial charge on any atom is -0.480 e. The highest BCUT2D eigenvalue weighted by Crippen LogP contribution is 2.35. The standard InChI is InChI=1S/C28H26ClF2N5O.2CH2O/c1-16-8-6-7-9-21(16)34-18(3)17(2)25-14-32-24(15-36(25)4)26-20(30)10-11-22(27(26)31)35-23-12-19(29)13-33-28(23)37-5;2*1-2/h6-15,34-35H,3H2,1-2,4-5H3;2*1H2/b25-17+;;. The molecule has 0 spiro atoms. The van der Waals surface area contributed by atoms with Gasteiger partial charge in [0.15, 0.2) is 5.82 Å². The minimum atomic E-state index is -0.811. The van der Waals surface area contributed by atoms with Crippen LogP contribution in [-0.2, 0) is 9.59 Å². The van der Waals surface area contributed by atoms with Crippen LogP contribution in [0.5, 0.6) is 5.88 Å². The summed E-state index contributed by atoms with van der Waals surface area (Å²) in [6.07, 6.45) is 4.55. The van der Waals surface area contributed by atoms with Crippen LogP contribution in [0.4, 0.5) is 25.8 Å². The van der Waals surface area contributed by atoms with Gasteiger partial charge >= 0.3 is 0 Å². The van der Waals surface area contributed by atoms with Gasteiger partial charge in [-0.2, -0.15) is 0 Å². The van der Waals surface area contributed by atoms with Crippen LogP contribution < -0.4 is 15.4 Å². The molecule has 41 heavy (non-hydrogen) atoms. The van der Waals surface area contributed by atoms with Gasteiger partial charge in [0.25, 0.3) is 0 Å². The molecule has 2 heterocycles. The first kappa shape index (κ1) is 32.4. The quantitative estimate of drug-likeness (QED) is 0.313. The molecule has 1 aromatic heterocycles. The van der Waals surface area contributed by atoms with Gasteiger partial charge in [-0.1, -0.05) is 36.4 Å². The predicted octanol–water partition coefficient (Wildman–Crippen LogP) is 6.92. The number of ether oxygens (including phenoxy) is 1. The van der Waals surface area contributed by atoms with Crippen molar-refractivity contribution < 1.29 is 23.1 Å². The summed E-state index contributed by atoms with van der Waals surface area (Å²) in [5.74, 6) is -1.34. The summed E-state index contributed by atoms with van der Waals surface area (Å²) >= 11 is 6.03. The Balaban J connectivity index is 0.00000141. The van der Waals surface area contributed by atoms with Crippen molar-refractivity contribution in [1.82, 2.24) is 9.88 Å². The van der Waals surface area contributed by atoms with Crippen LogP contribution in [0.3, 0.4) is 0 Å². The number of carbonyl (C=O) groups excluding carboxylic acids is 2. The molecule has 1 aliphatic rings. The predicted molar refractivity (Wildman–Crippen MR) is 161 cm³/mol. The third kappa shape index (κ3) is 7.64. The zero-order valence-corrected chi connectivity index (χ0v) is 23.9. The van der Waals surface area contributed by atoms with E-state index in [9.17, 15) is 4.39 Å². The first-order chi connectivity index (χ1) is 19.7. The van der Waals surface area contributed by atoms with Crippen LogP contribution in [0.1, 0.15) is 18.1 Å². The van der Waals surface area contributed by atoms with E-state index in [0.29, 0.717) is 16.4 Å². The lowest BCUT2D eigenvalue weighted by Gasteiger charge is -2.25. The van der Waals surface area contributed by atoms with Crippen LogP contribution in [0, 0.1) is 18.6 Å². The number of halogens is 3. The Morgan fingerprint density at radius 2 is 1.73 bits per heavy atom. The number of aromatic nitrogens is 1. The molecular weight excluding hydrogens is 552 g/mol. The highest BCUT2D eigenvalue weighted by Gasteiger charge is 2.22. The summed E-state index contributed by atoms with van der Waals surface area (Å²) in [5.41, 5.74) is 4.51. The van der Waals surface area contributed by atoms with Gasteiger partial charge in [-0.15, -0.1) is 0 Å². The number of aryl methyl sites for hydroxylation is 1. The van der Waals surface area contributed by atoms with E-state index < -0.39 is 11.6 Å². The number of hydrogen-bond donors (Lipinski definition) is 2. The molecule has 0 amide bonds. The van der Waals surface area contributed by atoms with Gasteiger partial charge in [0, 0.05) is 30.8 Å². The smallest absolute Gasteiger partial charge is 0.237 e. The maximum Gasteiger partial charge on any atom is 0.237 e. The number of aliphatic imine (C=N–C) groups is 1. The van der Waals surface area contributed by atoms with Crippen molar-refractivity contribution in [1.29, 1.82) is 0 Å². The van der Waals surface area contributed by atoms with Gasteiger partial charge in [-0.05, 0) is 49.2 Å². The molecule has 0 bridgehead atoms. The molecule has 0 unspecified atom stereocenters. The first-order valence-corrected chi connectivity index (χ1v) is 12.3. The lowest BCUT2D eigenvalue weighted by Crippen LogP contribution is -2.19. The monoisotopic (exact) mass is 581 g/mol. The lowest BCUT2D eigenvalue weighted by atomic mass is 10.1. The van der Waals surface area contributed by atoms with Gasteiger partial charge in [0.05, 0.1) is 41.0 Å². The number of pyridine rings is 1. The molecule has 11 heteroatoms. The number of nitrogens with zero attached hydrogens (tertiary/aromatic N) is 3. The average Bonchev–Trinajstić information content (AvgIpc) is 2.98. The fraction of sp³-hybridized carbons (Fsp3) is 0.133. The van der Waals surface area contributed by atoms with Crippen LogP contribution >= 0.6 is 11.6 Å². The first-order valence-electron chi connectivity index (χ1n) is 11.9. The Bertz CT molecular complexity index is 1510. The SMILES string of the molecule is C=C(Nc1ccccc1C)/C(C)=C1\C=NC(c2c(F)ccc(Nc3cc(Cl)cnc3OC)c2F)=CN1C.C=O.C=O. The minimum absolute atomic E-state index is 0.0193. The molecular formula is C30H30ClF2N5O3. The number of allylic oxidation sites excluding steroid dienone is 2. The Hall–Kier alpha value is -4.83. The van der Waals surface area contributed by atoms with Crippen LogP contribution in [0.2, 0.25) is 5.02 Å². The fourth-order valence-electron chi connectivity index (χ4n) is 3.83. The maximum atomic E-state index is 15.6. The molecule has 0 fully saturated rings. The molecule has 8 nitrogen and oxygen atoms in total. The molecule has 0 atom stereocenters. The normalized spacial score (nSPS) is 13.0. The number of rotatable bonds is 7. The Labute approximate surface area is 242 Å². The van der Waals surface area contributed by atoms with E-state index in [-0.39, 0.29) is 22.8 Å². The Morgan fingerprint density at radius 1 is 1.05 bits per heavy atom. The molecule has 3 aromatic rings. The molecule has 1 aliphatic heterocycles. The number of para-hydroxylation sites is 1. The Kier molecular flexibility index (Phi) is 11.9. The second-order valence-electron chi connectivity index (χ2n) is 8.43. The zero-order chi connectivity index (χ0) is 30.7. The molecule has 0 saturated carbocycles. The van der Waals surface area contributed by atoms with E-state index in [1.54, 1.807) is 30.4 Å². The summed E-state index contributed by atoms with van der Waals surface area (Å²) in [5, 5.41) is 6.54. The molecule has 2 aromatic carbocycles. The highest BCUT2D eigenvalue weighted by atomic mass is 35.5. The summed E-state index contributed by atoms with van der Waals surface area (Å²) in [4.78, 5) is 26.2. The van der Waals surface area contributed by atoms with E-state index in [4.69, 9.17) is 25.9 Å². The molecule has 0 saturated heterocycles. The summed E-state index contributed by atoms with van der Waals surface area (Å²) in [6, 6.07) is 11.9. The van der Waals surface area contributed by atoms with E-state index in [0.717, 1.165) is 22.5 Å². The van der Waals surface area contributed by atoms with Crippen LogP contribution in [0.15, 0.2) is 83.4 Å². The topological polar surface area (TPSA) is 95.9 Å². The van der Waals surface area contributed by atoms with Crippen molar-refractivity contribution in [2.45, 2.75) is 13.8 Å². The van der Waals surface area contributed by atoms with Gasteiger partial charge in [0.1, 0.15) is 25.1 Å². The Morgan fingerprint density at radius 3 is 2.37 bits per heavy atom.